The van der Waals surface area contributed by atoms with Crippen LogP contribution in [0.1, 0.15) is 30.5 Å². The number of nitrogens with one attached hydrogen (secondary N) is 1. The van der Waals surface area contributed by atoms with Crippen molar-refractivity contribution < 1.29 is 9.59 Å². The van der Waals surface area contributed by atoms with Gasteiger partial charge in [-0.15, -0.1) is 0 Å². The molecular weight excluding hydrogens is 455 g/mol. The molecule has 0 aromatic heterocycles. The van der Waals surface area contributed by atoms with E-state index < -0.39 is 6.04 Å². The Morgan fingerprint density at radius 3 is 2.21 bits per heavy atom. The first-order valence-corrected chi connectivity index (χ1v) is 11.7. The summed E-state index contributed by atoms with van der Waals surface area (Å²) in [7, 11) is 0. The van der Waals surface area contributed by atoms with Crippen LogP contribution in [-0.2, 0) is 29.0 Å². The second-order valence-corrected chi connectivity index (χ2v) is 9.13. The predicted molar refractivity (Wildman–Crippen MR) is 134 cm³/mol. The van der Waals surface area contributed by atoms with Gasteiger partial charge in [0.05, 0.1) is 6.42 Å². The van der Waals surface area contributed by atoms with Gasteiger partial charge in [-0.2, -0.15) is 0 Å². The van der Waals surface area contributed by atoms with Crippen molar-refractivity contribution in [2.75, 3.05) is 0 Å². The van der Waals surface area contributed by atoms with Crippen LogP contribution in [0.2, 0.25) is 10.0 Å². The van der Waals surface area contributed by atoms with Crippen LogP contribution < -0.4 is 5.32 Å². The highest BCUT2D eigenvalue weighted by molar-refractivity contribution is 6.31. The SMILES string of the molecule is CC(C)NC(=O)[C@H](Cc1ccccc1)N(Cc1cccc(Cl)c1)C(=O)Cc1ccccc1Cl. The summed E-state index contributed by atoms with van der Waals surface area (Å²) in [6, 6.07) is 23.6. The molecule has 6 heteroatoms. The van der Waals surface area contributed by atoms with E-state index in [1.54, 1.807) is 17.0 Å². The predicted octanol–water partition coefficient (Wildman–Crippen LogP) is 5.70. The minimum Gasteiger partial charge on any atom is -0.352 e. The third kappa shape index (κ3) is 7.34. The number of rotatable bonds is 9. The molecule has 0 radical (unpaired) electrons. The molecule has 0 unspecified atom stereocenters. The van der Waals surface area contributed by atoms with Crippen LogP contribution in [0.5, 0.6) is 0 Å². The van der Waals surface area contributed by atoms with Crippen LogP contribution in [0.15, 0.2) is 78.9 Å². The molecule has 4 nitrogen and oxygen atoms in total. The molecule has 2 amide bonds. The molecule has 3 aromatic rings. The first kappa shape index (κ1) is 24.8. The van der Waals surface area contributed by atoms with E-state index in [4.69, 9.17) is 23.2 Å². The molecule has 0 heterocycles. The fraction of sp³-hybridized carbons (Fsp3) is 0.259. The fourth-order valence-corrected chi connectivity index (χ4v) is 4.09. The van der Waals surface area contributed by atoms with Crippen LogP contribution in [-0.4, -0.2) is 28.8 Å². The molecule has 0 bridgehead atoms. The Morgan fingerprint density at radius 2 is 1.55 bits per heavy atom. The first-order valence-electron chi connectivity index (χ1n) is 10.9. The minimum atomic E-state index is -0.691. The summed E-state index contributed by atoms with van der Waals surface area (Å²) in [5.41, 5.74) is 2.55. The Balaban J connectivity index is 1.98. The van der Waals surface area contributed by atoms with Crippen LogP contribution >= 0.6 is 23.2 Å². The van der Waals surface area contributed by atoms with Crippen molar-refractivity contribution >= 4 is 35.0 Å². The molecule has 3 aromatic carbocycles. The third-order valence-corrected chi connectivity index (χ3v) is 5.85. The highest BCUT2D eigenvalue weighted by Crippen LogP contribution is 2.21. The summed E-state index contributed by atoms with van der Waals surface area (Å²) in [4.78, 5) is 28.6. The second kappa shape index (κ2) is 11.9. The summed E-state index contributed by atoms with van der Waals surface area (Å²) in [5.74, 6) is -0.369. The lowest BCUT2D eigenvalue weighted by molar-refractivity contribution is -0.141. The number of carbonyl (C=O) groups excluding carboxylic acids is 2. The molecule has 0 aliphatic rings. The van der Waals surface area contributed by atoms with Crippen molar-refractivity contribution in [2.24, 2.45) is 0 Å². The van der Waals surface area contributed by atoms with E-state index in [2.05, 4.69) is 5.32 Å². The lowest BCUT2D eigenvalue weighted by Crippen LogP contribution is -2.52. The molecule has 172 valence electrons. The van der Waals surface area contributed by atoms with Gasteiger partial charge in [0, 0.05) is 29.1 Å². The fourth-order valence-electron chi connectivity index (χ4n) is 3.67. The van der Waals surface area contributed by atoms with Gasteiger partial charge in [0.25, 0.3) is 0 Å². The molecule has 0 spiro atoms. The van der Waals surface area contributed by atoms with Gasteiger partial charge in [-0.1, -0.05) is 83.9 Å². The molecule has 1 N–H and O–H groups in total. The molecule has 0 aliphatic heterocycles. The highest BCUT2D eigenvalue weighted by atomic mass is 35.5. The number of nitrogens with zero attached hydrogens (tertiary/aromatic N) is 1. The van der Waals surface area contributed by atoms with Crippen molar-refractivity contribution in [3.05, 3.63) is 106 Å². The Bertz CT molecular complexity index is 1090. The van der Waals surface area contributed by atoms with E-state index in [0.717, 1.165) is 16.7 Å². The summed E-state index contributed by atoms with van der Waals surface area (Å²) in [6.45, 7) is 4.07. The van der Waals surface area contributed by atoms with Gasteiger partial charge >= 0.3 is 0 Å². The summed E-state index contributed by atoms with van der Waals surface area (Å²) in [6.07, 6.45) is 0.495. The monoisotopic (exact) mass is 482 g/mol. The number of hydrogen-bond donors (Lipinski definition) is 1. The van der Waals surface area contributed by atoms with Gasteiger partial charge in [-0.25, -0.2) is 0 Å². The molecule has 0 saturated carbocycles. The molecule has 0 aliphatic carbocycles. The van der Waals surface area contributed by atoms with Crippen molar-refractivity contribution in [1.82, 2.24) is 10.2 Å². The molecule has 0 fully saturated rings. The zero-order chi connectivity index (χ0) is 23.8. The van der Waals surface area contributed by atoms with Gasteiger partial charge in [-0.3, -0.25) is 9.59 Å². The van der Waals surface area contributed by atoms with Crippen molar-refractivity contribution in [1.29, 1.82) is 0 Å². The smallest absolute Gasteiger partial charge is 0.243 e. The third-order valence-electron chi connectivity index (χ3n) is 5.24. The second-order valence-electron chi connectivity index (χ2n) is 8.29. The topological polar surface area (TPSA) is 49.4 Å². The van der Waals surface area contributed by atoms with Crippen molar-refractivity contribution in [3.8, 4) is 0 Å². The average Bonchev–Trinajstić information content (AvgIpc) is 2.78. The Morgan fingerprint density at radius 1 is 0.879 bits per heavy atom. The number of carbonyl (C=O) groups is 2. The molecule has 33 heavy (non-hydrogen) atoms. The summed E-state index contributed by atoms with van der Waals surface area (Å²) < 4.78 is 0. The largest absolute Gasteiger partial charge is 0.352 e. The average molecular weight is 483 g/mol. The van der Waals surface area contributed by atoms with Crippen molar-refractivity contribution in [2.45, 2.75) is 45.3 Å². The van der Waals surface area contributed by atoms with E-state index in [1.807, 2.05) is 80.6 Å². The standard InChI is InChI=1S/C27H28Cl2N2O2/c1-19(2)30-27(33)25(16-20-9-4-3-5-10-20)31(18-21-11-8-13-23(28)15-21)26(32)17-22-12-6-7-14-24(22)29/h3-15,19,25H,16-18H2,1-2H3,(H,30,33)/t25-/m0/s1. The number of benzene rings is 3. The van der Waals surface area contributed by atoms with E-state index in [1.165, 1.54) is 0 Å². The van der Waals surface area contributed by atoms with Crippen LogP contribution in [0.3, 0.4) is 0 Å². The maximum Gasteiger partial charge on any atom is 0.243 e. The molecule has 0 saturated heterocycles. The quantitative estimate of drug-likeness (QED) is 0.425. The van der Waals surface area contributed by atoms with E-state index in [9.17, 15) is 9.59 Å². The van der Waals surface area contributed by atoms with Gasteiger partial charge < -0.3 is 10.2 Å². The first-order chi connectivity index (χ1) is 15.8. The lowest BCUT2D eigenvalue weighted by atomic mass is 10.0. The molecular formula is C27H28Cl2N2O2. The van der Waals surface area contributed by atoms with Crippen LogP contribution in [0.4, 0.5) is 0 Å². The highest BCUT2D eigenvalue weighted by Gasteiger charge is 2.31. The Labute approximate surface area is 205 Å². The maximum absolute atomic E-state index is 13.6. The summed E-state index contributed by atoms with van der Waals surface area (Å²) >= 11 is 12.5. The normalized spacial score (nSPS) is 11.8. The number of amides is 2. The van der Waals surface area contributed by atoms with Gasteiger partial charge in [0.1, 0.15) is 6.04 Å². The lowest BCUT2D eigenvalue weighted by Gasteiger charge is -2.32. The van der Waals surface area contributed by atoms with Gasteiger partial charge in [0.2, 0.25) is 11.8 Å². The zero-order valence-corrected chi connectivity index (χ0v) is 20.3. The van der Waals surface area contributed by atoms with Gasteiger partial charge in [0.15, 0.2) is 0 Å². The Kier molecular flexibility index (Phi) is 8.93. The van der Waals surface area contributed by atoms with E-state index in [-0.39, 0.29) is 30.8 Å². The van der Waals surface area contributed by atoms with E-state index >= 15 is 0 Å². The van der Waals surface area contributed by atoms with Crippen molar-refractivity contribution in [3.63, 3.8) is 0 Å². The minimum absolute atomic E-state index is 0.0533. The van der Waals surface area contributed by atoms with Crippen LogP contribution in [0, 0.1) is 0 Å². The zero-order valence-electron chi connectivity index (χ0n) is 18.8. The molecule has 1 atom stereocenters. The number of halogens is 2. The number of hydrogen-bond acceptors (Lipinski definition) is 2. The maximum atomic E-state index is 13.6. The summed E-state index contributed by atoms with van der Waals surface area (Å²) in [5, 5.41) is 4.09. The molecule has 3 rings (SSSR count). The van der Waals surface area contributed by atoms with E-state index in [0.29, 0.717) is 16.5 Å². The van der Waals surface area contributed by atoms with Crippen LogP contribution in [0.25, 0.3) is 0 Å². The Hall–Kier alpha value is -2.82. The van der Waals surface area contributed by atoms with Gasteiger partial charge in [-0.05, 0) is 48.7 Å².